The molecule has 2 aromatic rings. The summed E-state index contributed by atoms with van der Waals surface area (Å²) >= 11 is 5.15. The van der Waals surface area contributed by atoms with E-state index in [-0.39, 0.29) is 0 Å². The van der Waals surface area contributed by atoms with Crippen LogP contribution in [0, 0.1) is 4.77 Å². The first-order valence-electron chi connectivity index (χ1n) is 6.48. The second-order valence-corrected chi connectivity index (χ2v) is 5.09. The molecule has 0 fully saturated rings. The molecule has 0 saturated heterocycles. The summed E-state index contributed by atoms with van der Waals surface area (Å²) in [6.07, 6.45) is 0. The van der Waals surface area contributed by atoms with Crippen molar-refractivity contribution in [3.05, 3.63) is 40.4 Å². The lowest BCUT2D eigenvalue weighted by Crippen LogP contribution is -2.06. The molecule has 0 spiro atoms. The van der Waals surface area contributed by atoms with E-state index in [2.05, 4.69) is 36.2 Å². The number of benzene rings is 1. The highest BCUT2D eigenvalue weighted by molar-refractivity contribution is 7.71. The number of hydrogen-bond donors (Lipinski definition) is 1. The summed E-state index contributed by atoms with van der Waals surface area (Å²) < 4.78 is 8.36. The Labute approximate surface area is 118 Å². The van der Waals surface area contributed by atoms with Gasteiger partial charge in [0.05, 0.1) is 0 Å². The van der Waals surface area contributed by atoms with Gasteiger partial charge < -0.3 is 9.30 Å². The van der Waals surface area contributed by atoms with E-state index in [1.165, 1.54) is 5.56 Å². The van der Waals surface area contributed by atoms with Crippen LogP contribution in [0.3, 0.4) is 0 Å². The molecular weight excluding hydrogens is 258 g/mol. The Bertz CT molecular complexity index is 601. The van der Waals surface area contributed by atoms with Crippen LogP contribution in [0.25, 0.3) is 0 Å². The quantitative estimate of drug-likeness (QED) is 0.848. The number of H-pyrrole nitrogens is 1. The molecule has 0 radical (unpaired) electrons. The van der Waals surface area contributed by atoms with Gasteiger partial charge in [0.25, 0.3) is 0 Å². The molecule has 4 nitrogen and oxygen atoms in total. The number of aromatic nitrogens is 3. The predicted molar refractivity (Wildman–Crippen MR) is 77.9 cm³/mol. The lowest BCUT2D eigenvalue weighted by Gasteiger charge is -2.10. The fourth-order valence-electron chi connectivity index (χ4n) is 1.90. The molecule has 0 atom stereocenters. The Kier molecular flexibility index (Phi) is 4.37. The Balaban J connectivity index is 2.10. The maximum Gasteiger partial charge on any atom is 0.195 e. The van der Waals surface area contributed by atoms with Gasteiger partial charge in [0, 0.05) is 6.54 Å². The largest absolute Gasteiger partial charge is 0.486 e. The highest BCUT2D eigenvalue weighted by Gasteiger charge is 2.06. The fraction of sp³-hybridized carbons (Fsp3) is 0.429. The second kappa shape index (κ2) is 6.02. The average Bonchev–Trinajstić information content (AvgIpc) is 2.77. The first-order chi connectivity index (χ1) is 9.11. The van der Waals surface area contributed by atoms with Crippen molar-refractivity contribution in [2.24, 2.45) is 0 Å². The molecule has 0 aliphatic rings. The predicted octanol–water partition coefficient (Wildman–Crippen LogP) is 3.66. The topological polar surface area (TPSA) is 42.8 Å². The molecule has 0 bridgehead atoms. The van der Waals surface area contributed by atoms with Crippen LogP contribution in [0.2, 0.25) is 0 Å². The third-order valence-electron chi connectivity index (χ3n) is 3.05. The van der Waals surface area contributed by atoms with Crippen LogP contribution in [0.15, 0.2) is 24.3 Å². The van der Waals surface area contributed by atoms with Crippen molar-refractivity contribution in [2.75, 3.05) is 0 Å². The minimum atomic E-state index is 0.419. The molecule has 0 unspecified atom stereocenters. The van der Waals surface area contributed by atoms with E-state index < -0.39 is 0 Å². The van der Waals surface area contributed by atoms with Crippen molar-refractivity contribution in [3.8, 4) is 5.75 Å². The standard InChI is InChI=1S/C14H19N3OS/c1-4-17-13(15-16-14(17)19)9-18-12-7-5-6-11(8-12)10(2)3/h5-8,10H,4,9H2,1-3H3,(H,16,19). The van der Waals surface area contributed by atoms with Gasteiger partial charge in [-0.05, 0) is 42.8 Å². The molecule has 19 heavy (non-hydrogen) atoms. The fourth-order valence-corrected chi connectivity index (χ4v) is 2.18. The molecule has 0 saturated carbocycles. The number of rotatable bonds is 5. The summed E-state index contributed by atoms with van der Waals surface area (Å²) in [7, 11) is 0. The maximum absolute atomic E-state index is 5.79. The van der Waals surface area contributed by atoms with Crippen LogP contribution in [0.4, 0.5) is 0 Å². The molecule has 1 N–H and O–H groups in total. The third kappa shape index (κ3) is 3.23. The van der Waals surface area contributed by atoms with E-state index in [0.29, 0.717) is 17.3 Å². The summed E-state index contributed by atoms with van der Waals surface area (Å²) in [6.45, 7) is 7.58. The zero-order valence-corrected chi connectivity index (χ0v) is 12.3. The van der Waals surface area contributed by atoms with Crippen molar-refractivity contribution < 1.29 is 4.74 Å². The molecule has 1 aromatic heterocycles. The van der Waals surface area contributed by atoms with Gasteiger partial charge in [0.2, 0.25) is 0 Å². The van der Waals surface area contributed by atoms with Gasteiger partial charge >= 0.3 is 0 Å². The van der Waals surface area contributed by atoms with Gasteiger partial charge in [0.15, 0.2) is 10.6 Å². The van der Waals surface area contributed by atoms with Gasteiger partial charge in [-0.15, -0.1) is 0 Å². The minimum Gasteiger partial charge on any atom is -0.486 e. The molecule has 0 amide bonds. The monoisotopic (exact) mass is 277 g/mol. The molecule has 1 aromatic carbocycles. The van der Waals surface area contributed by atoms with E-state index in [1.807, 2.05) is 23.6 Å². The lowest BCUT2D eigenvalue weighted by molar-refractivity contribution is 0.289. The zero-order chi connectivity index (χ0) is 13.8. The van der Waals surface area contributed by atoms with E-state index in [9.17, 15) is 0 Å². The highest BCUT2D eigenvalue weighted by Crippen LogP contribution is 2.20. The number of aromatic amines is 1. The number of nitrogens with zero attached hydrogens (tertiary/aromatic N) is 2. The lowest BCUT2D eigenvalue weighted by atomic mass is 10.0. The summed E-state index contributed by atoms with van der Waals surface area (Å²) in [5.41, 5.74) is 1.27. The molecule has 5 heteroatoms. The van der Waals surface area contributed by atoms with Gasteiger partial charge in [-0.3, -0.25) is 5.10 Å². The first kappa shape index (κ1) is 13.8. The molecule has 2 rings (SSSR count). The van der Waals surface area contributed by atoms with Crippen LogP contribution in [-0.2, 0) is 13.2 Å². The molecule has 0 aliphatic carbocycles. The second-order valence-electron chi connectivity index (χ2n) is 4.71. The van der Waals surface area contributed by atoms with Crippen molar-refractivity contribution in [1.82, 2.24) is 14.8 Å². The number of nitrogens with one attached hydrogen (secondary N) is 1. The van der Waals surface area contributed by atoms with Gasteiger partial charge in [-0.2, -0.15) is 5.10 Å². The first-order valence-corrected chi connectivity index (χ1v) is 6.89. The van der Waals surface area contributed by atoms with Crippen LogP contribution < -0.4 is 4.74 Å². The Morgan fingerprint density at radius 1 is 1.42 bits per heavy atom. The summed E-state index contributed by atoms with van der Waals surface area (Å²) in [5, 5.41) is 6.97. The van der Waals surface area contributed by atoms with E-state index in [0.717, 1.165) is 18.1 Å². The van der Waals surface area contributed by atoms with Crippen molar-refractivity contribution in [2.45, 2.75) is 39.8 Å². The number of hydrogen-bond acceptors (Lipinski definition) is 3. The van der Waals surface area contributed by atoms with Crippen LogP contribution in [0.1, 0.15) is 38.1 Å². The minimum absolute atomic E-state index is 0.419. The van der Waals surface area contributed by atoms with Gasteiger partial charge in [0.1, 0.15) is 12.4 Å². The summed E-state index contributed by atoms with van der Waals surface area (Å²) in [4.78, 5) is 0. The zero-order valence-electron chi connectivity index (χ0n) is 11.5. The smallest absolute Gasteiger partial charge is 0.195 e. The van der Waals surface area contributed by atoms with Crippen LogP contribution in [0.5, 0.6) is 5.75 Å². The van der Waals surface area contributed by atoms with Crippen molar-refractivity contribution >= 4 is 12.2 Å². The molecule has 0 aliphatic heterocycles. The third-order valence-corrected chi connectivity index (χ3v) is 3.36. The molecule has 1 heterocycles. The van der Waals surface area contributed by atoms with Crippen LogP contribution in [-0.4, -0.2) is 14.8 Å². The maximum atomic E-state index is 5.79. The Hall–Kier alpha value is -1.62. The van der Waals surface area contributed by atoms with Crippen molar-refractivity contribution in [1.29, 1.82) is 0 Å². The SMILES string of the molecule is CCn1c(COc2cccc(C(C)C)c2)n[nH]c1=S. The summed E-state index contributed by atoms with van der Waals surface area (Å²) in [5.74, 6) is 2.18. The molecular formula is C14H19N3OS. The van der Waals surface area contributed by atoms with E-state index in [4.69, 9.17) is 17.0 Å². The van der Waals surface area contributed by atoms with E-state index >= 15 is 0 Å². The van der Waals surface area contributed by atoms with Gasteiger partial charge in [-0.25, -0.2) is 0 Å². The molecule has 102 valence electrons. The Morgan fingerprint density at radius 2 is 2.21 bits per heavy atom. The van der Waals surface area contributed by atoms with Gasteiger partial charge in [-0.1, -0.05) is 26.0 Å². The van der Waals surface area contributed by atoms with Crippen molar-refractivity contribution in [3.63, 3.8) is 0 Å². The number of ether oxygens (including phenoxy) is 1. The van der Waals surface area contributed by atoms with Crippen LogP contribution >= 0.6 is 12.2 Å². The summed E-state index contributed by atoms with van der Waals surface area (Å²) in [6, 6.07) is 8.16. The van der Waals surface area contributed by atoms with E-state index in [1.54, 1.807) is 0 Å². The average molecular weight is 277 g/mol. The normalized spacial score (nSPS) is 10.9. The Morgan fingerprint density at radius 3 is 2.89 bits per heavy atom. The highest BCUT2D eigenvalue weighted by atomic mass is 32.1.